The highest BCUT2D eigenvalue weighted by Crippen LogP contribution is 2.31. The molecule has 1 aromatic heterocycles. The molecule has 1 aliphatic heterocycles. The third-order valence-electron chi connectivity index (χ3n) is 4.98. The highest BCUT2D eigenvalue weighted by atomic mass is 16.5. The van der Waals surface area contributed by atoms with Crippen LogP contribution in [0.3, 0.4) is 0 Å². The molecule has 4 rings (SSSR count). The van der Waals surface area contributed by atoms with Gasteiger partial charge in [-0.3, -0.25) is 4.90 Å². The number of ether oxygens (including phenoxy) is 1. The van der Waals surface area contributed by atoms with Crippen molar-refractivity contribution < 1.29 is 4.74 Å². The molecular formula is C16H24N2O. The number of hydrogen-bond donors (Lipinski definition) is 0. The monoisotopic (exact) mass is 260 g/mol. The second kappa shape index (κ2) is 4.95. The molecule has 0 saturated heterocycles. The summed E-state index contributed by atoms with van der Waals surface area (Å²) in [5.41, 5.74) is 1.46. The summed E-state index contributed by atoms with van der Waals surface area (Å²) >= 11 is 0. The van der Waals surface area contributed by atoms with Crippen LogP contribution in [0.4, 0.5) is 0 Å². The van der Waals surface area contributed by atoms with E-state index in [2.05, 4.69) is 27.8 Å². The lowest BCUT2D eigenvalue weighted by Crippen LogP contribution is -2.43. The molecule has 3 nitrogen and oxygen atoms in total. The summed E-state index contributed by atoms with van der Waals surface area (Å²) in [5.74, 6) is 0.865. The molecule has 2 fully saturated rings. The molecule has 0 amide bonds. The van der Waals surface area contributed by atoms with Crippen molar-refractivity contribution in [1.82, 2.24) is 9.47 Å². The van der Waals surface area contributed by atoms with E-state index in [0.29, 0.717) is 6.10 Å². The van der Waals surface area contributed by atoms with E-state index in [1.807, 2.05) is 0 Å². The normalized spacial score (nSPS) is 28.7. The molecule has 1 unspecified atom stereocenters. The van der Waals surface area contributed by atoms with Crippen LogP contribution in [0.5, 0.6) is 0 Å². The zero-order valence-electron chi connectivity index (χ0n) is 11.6. The SMILES string of the molecule is c1cc2n(c1)CC(OCC1CC1)CN(C1CCC1)C2. The Labute approximate surface area is 115 Å². The third kappa shape index (κ3) is 2.59. The second-order valence-electron chi connectivity index (χ2n) is 6.56. The predicted molar refractivity (Wildman–Crippen MR) is 74.9 cm³/mol. The number of nitrogens with zero attached hydrogens (tertiary/aromatic N) is 2. The number of aromatic nitrogens is 1. The van der Waals surface area contributed by atoms with E-state index in [4.69, 9.17) is 4.74 Å². The van der Waals surface area contributed by atoms with Gasteiger partial charge in [-0.05, 0) is 43.7 Å². The minimum atomic E-state index is 0.384. The Kier molecular flexibility index (Phi) is 3.12. The maximum Gasteiger partial charge on any atom is 0.0880 e. The molecule has 2 heterocycles. The first-order valence-electron chi connectivity index (χ1n) is 7.88. The molecule has 0 aromatic carbocycles. The van der Waals surface area contributed by atoms with Crippen LogP contribution in [0.2, 0.25) is 0 Å². The first kappa shape index (κ1) is 12.0. The molecule has 19 heavy (non-hydrogen) atoms. The van der Waals surface area contributed by atoms with Crippen molar-refractivity contribution in [2.45, 2.75) is 57.3 Å². The maximum atomic E-state index is 6.20. The fraction of sp³-hybridized carbons (Fsp3) is 0.750. The van der Waals surface area contributed by atoms with E-state index in [1.54, 1.807) is 0 Å². The fourth-order valence-corrected chi connectivity index (χ4v) is 3.27. The molecule has 0 radical (unpaired) electrons. The predicted octanol–water partition coefficient (Wildman–Crippen LogP) is 2.65. The van der Waals surface area contributed by atoms with E-state index in [9.17, 15) is 0 Å². The molecule has 2 saturated carbocycles. The van der Waals surface area contributed by atoms with Crippen LogP contribution in [0.1, 0.15) is 37.8 Å². The van der Waals surface area contributed by atoms with Gasteiger partial charge in [-0.15, -0.1) is 0 Å². The lowest BCUT2D eigenvalue weighted by atomic mass is 9.91. The Balaban J connectivity index is 1.47. The van der Waals surface area contributed by atoms with Gasteiger partial charge in [-0.25, -0.2) is 0 Å². The van der Waals surface area contributed by atoms with E-state index in [1.165, 1.54) is 37.8 Å². The lowest BCUT2D eigenvalue weighted by Gasteiger charge is -2.37. The van der Waals surface area contributed by atoms with Gasteiger partial charge in [0.15, 0.2) is 0 Å². The van der Waals surface area contributed by atoms with E-state index in [0.717, 1.165) is 38.2 Å². The third-order valence-corrected chi connectivity index (χ3v) is 4.98. The largest absolute Gasteiger partial charge is 0.375 e. The van der Waals surface area contributed by atoms with Crippen molar-refractivity contribution in [2.75, 3.05) is 13.2 Å². The van der Waals surface area contributed by atoms with Crippen LogP contribution in [0.25, 0.3) is 0 Å². The first-order valence-corrected chi connectivity index (χ1v) is 7.88. The van der Waals surface area contributed by atoms with Crippen LogP contribution in [-0.4, -0.2) is 34.8 Å². The topological polar surface area (TPSA) is 17.4 Å². The van der Waals surface area contributed by atoms with Gasteiger partial charge in [0, 0.05) is 44.2 Å². The van der Waals surface area contributed by atoms with Crippen molar-refractivity contribution in [3.05, 3.63) is 24.0 Å². The van der Waals surface area contributed by atoms with Gasteiger partial charge < -0.3 is 9.30 Å². The summed E-state index contributed by atoms with van der Waals surface area (Å²) in [6.45, 7) is 4.26. The van der Waals surface area contributed by atoms with Crippen LogP contribution < -0.4 is 0 Å². The highest BCUT2D eigenvalue weighted by Gasteiger charge is 2.31. The maximum absolute atomic E-state index is 6.20. The number of rotatable bonds is 4. The molecule has 3 heteroatoms. The summed E-state index contributed by atoms with van der Waals surface area (Å²) in [5, 5.41) is 0. The van der Waals surface area contributed by atoms with Gasteiger partial charge in [-0.2, -0.15) is 0 Å². The highest BCUT2D eigenvalue weighted by molar-refractivity contribution is 5.09. The summed E-state index contributed by atoms with van der Waals surface area (Å²) < 4.78 is 8.60. The summed E-state index contributed by atoms with van der Waals surface area (Å²) in [6, 6.07) is 5.26. The number of fused-ring (bicyclic) bond motifs is 1. The molecule has 1 atom stereocenters. The lowest BCUT2D eigenvalue weighted by molar-refractivity contribution is -0.00333. The quantitative estimate of drug-likeness (QED) is 0.828. The van der Waals surface area contributed by atoms with Crippen LogP contribution in [0.15, 0.2) is 18.3 Å². The molecular weight excluding hydrogens is 236 g/mol. The summed E-state index contributed by atoms with van der Waals surface area (Å²) in [6.07, 6.45) is 9.55. The van der Waals surface area contributed by atoms with Gasteiger partial charge in [0.2, 0.25) is 0 Å². The van der Waals surface area contributed by atoms with Crippen molar-refractivity contribution >= 4 is 0 Å². The van der Waals surface area contributed by atoms with Crippen molar-refractivity contribution in [2.24, 2.45) is 5.92 Å². The van der Waals surface area contributed by atoms with Crippen LogP contribution >= 0.6 is 0 Å². The van der Waals surface area contributed by atoms with Crippen molar-refractivity contribution in [3.8, 4) is 0 Å². The van der Waals surface area contributed by atoms with Crippen molar-refractivity contribution in [1.29, 1.82) is 0 Å². The molecule has 0 spiro atoms. The van der Waals surface area contributed by atoms with E-state index < -0.39 is 0 Å². The Hall–Kier alpha value is -0.800. The van der Waals surface area contributed by atoms with Gasteiger partial charge in [0.1, 0.15) is 0 Å². The minimum Gasteiger partial charge on any atom is -0.375 e. The average molecular weight is 260 g/mol. The first-order chi connectivity index (χ1) is 9.38. The Bertz CT molecular complexity index is 434. The summed E-state index contributed by atoms with van der Waals surface area (Å²) in [4.78, 5) is 2.67. The zero-order chi connectivity index (χ0) is 12.7. The molecule has 0 N–H and O–H groups in total. The van der Waals surface area contributed by atoms with E-state index >= 15 is 0 Å². The zero-order valence-corrected chi connectivity index (χ0v) is 11.6. The average Bonchev–Trinajstić information content (AvgIpc) is 3.09. The van der Waals surface area contributed by atoms with Gasteiger partial charge >= 0.3 is 0 Å². The number of hydrogen-bond acceptors (Lipinski definition) is 2. The Morgan fingerprint density at radius 1 is 1.16 bits per heavy atom. The van der Waals surface area contributed by atoms with Gasteiger partial charge in [0.25, 0.3) is 0 Å². The van der Waals surface area contributed by atoms with Crippen LogP contribution in [0, 0.1) is 5.92 Å². The second-order valence-corrected chi connectivity index (χ2v) is 6.56. The smallest absolute Gasteiger partial charge is 0.0880 e. The van der Waals surface area contributed by atoms with Gasteiger partial charge in [0.05, 0.1) is 6.10 Å². The molecule has 3 aliphatic rings. The van der Waals surface area contributed by atoms with Crippen LogP contribution in [-0.2, 0) is 17.8 Å². The van der Waals surface area contributed by atoms with E-state index in [-0.39, 0.29) is 0 Å². The molecule has 1 aromatic rings. The minimum absolute atomic E-state index is 0.384. The van der Waals surface area contributed by atoms with Gasteiger partial charge in [-0.1, -0.05) is 6.42 Å². The molecule has 2 aliphatic carbocycles. The van der Waals surface area contributed by atoms with Crippen molar-refractivity contribution in [3.63, 3.8) is 0 Å². The summed E-state index contributed by atoms with van der Waals surface area (Å²) in [7, 11) is 0. The molecule has 0 bridgehead atoms. The fourth-order valence-electron chi connectivity index (χ4n) is 3.27. The molecule has 104 valence electrons. The standard InChI is InChI=1S/C16H24N2O/c1-3-14(4-1)18-9-15-5-2-8-17(15)10-16(11-18)19-12-13-6-7-13/h2,5,8,13-14,16H,1,3-4,6-7,9-12H2. The Morgan fingerprint density at radius 2 is 2.05 bits per heavy atom. The Morgan fingerprint density at radius 3 is 2.79 bits per heavy atom.